The van der Waals surface area contributed by atoms with Crippen LogP contribution in [0.5, 0.6) is 0 Å². The fourth-order valence-corrected chi connectivity index (χ4v) is 5.23. The van der Waals surface area contributed by atoms with Crippen molar-refractivity contribution < 1.29 is 18.1 Å². The summed E-state index contributed by atoms with van der Waals surface area (Å²) in [6, 6.07) is 12.5. The van der Waals surface area contributed by atoms with Crippen molar-refractivity contribution >= 4 is 38.1 Å². The van der Waals surface area contributed by atoms with Gasteiger partial charge in [0.15, 0.2) is 0 Å². The highest BCUT2D eigenvalue weighted by molar-refractivity contribution is 7.57. The number of hydrogen-bond acceptors (Lipinski definition) is 4. The highest BCUT2D eigenvalue weighted by Crippen LogP contribution is 2.43. The van der Waals surface area contributed by atoms with Crippen molar-refractivity contribution in [1.82, 2.24) is 0 Å². The second-order valence-electron chi connectivity index (χ2n) is 4.83. The summed E-state index contributed by atoms with van der Waals surface area (Å²) in [6.07, 6.45) is 0. The van der Waals surface area contributed by atoms with Gasteiger partial charge in [-0.2, -0.15) is 0 Å². The lowest BCUT2D eigenvalue weighted by Gasteiger charge is -2.21. The maximum atomic E-state index is 5.86. The molecular formula is C18H26O4P2. The largest absolute Gasteiger partial charge is 0.331 e. The van der Waals surface area contributed by atoms with Gasteiger partial charge in [-0.15, -0.1) is 0 Å². The van der Waals surface area contributed by atoms with Gasteiger partial charge in [0.2, 0.25) is 16.8 Å². The lowest BCUT2D eigenvalue weighted by Crippen LogP contribution is -2.15. The van der Waals surface area contributed by atoms with Crippen LogP contribution in [0.2, 0.25) is 0 Å². The summed E-state index contributed by atoms with van der Waals surface area (Å²) in [5.74, 6) is 0. The van der Waals surface area contributed by atoms with Gasteiger partial charge in [-0.25, -0.2) is 0 Å². The molecule has 0 aliphatic rings. The van der Waals surface area contributed by atoms with Crippen molar-refractivity contribution in [1.29, 1.82) is 0 Å². The van der Waals surface area contributed by atoms with Crippen LogP contribution in [0.3, 0.4) is 0 Å². The third kappa shape index (κ3) is 4.73. The van der Waals surface area contributed by atoms with Gasteiger partial charge < -0.3 is 18.1 Å². The molecule has 132 valence electrons. The summed E-state index contributed by atoms with van der Waals surface area (Å²) < 4.78 is 23.4. The monoisotopic (exact) mass is 368 g/mol. The Kier molecular flexibility index (Phi) is 8.55. The highest BCUT2D eigenvalue weighted by Gasteiger charge is 2.21. The van der Waals surface area contributed by atoms with Crippen LogP contribution in [0.15, 0.2) is 36.4 Å². The molecule has 4 nitrogen and oxygen atoms in total. The molecule has 6 heteroatoms. The molecule has 0 spiro atoms. The van der Waals surface area contributed by atoms with E-state index < -0.39 is 16.8 Å². The molecule has 0 unspecified atom stereocenters. The minimum Gasteiger partial charge on any atom is -0.331 e. The zero-order valence-corrected chi connectivity index (χ0v) is 16.6. The van der Waals surface area contributed by atoms with Crippen molar-refractivity contribution in [3.05, 3.63) is 36.4 Å². The van der Waals surface area contributed by atoms with E-state index >= 15 is 0 Å². The van der Waals surface area contributed by atoms with Crippen LogP contribution in [-0.2, 0) is 18.1 Å². The summed E-state index contributed by atoms with van der Waals surface area (Å²) >= 11 is 0. The Morgan fingerprint density at radius 3 is 1.21 bits per heavy atom. The predicted molar refractivity (Wildman–Crippen MR) is 104 cm³/mol. The Bertz CT molecular complexity index is 569. The zero-order valence-electron chi connectivity index (χ0n) is 14.8. The third-order valence-electron chi connectivity index (χ3n) is 3.26. The standard InChI is InChI=1S/C18H26O4P2/c1-5-19-23(20-6-2)17-13-14-18(24(21-7-3)22-8-4)16-12-10-9-11-15(16)17/h9-14H,5-8H2,1-4H3. The number of fused-ring (bicyclic) bond motifs is 1. The molecule has 2 aromatic carbocycles. The van der Waals surface area contributed by atoms with Gasteiger partial charge in [-0.3, -0.25) is 0 Å². The average molecular weight is 368 g/mol. The van der Waals surface area contributed by atoms with Crippen molar-refractivity contribution in [3.8, 4) is 0 Å². The van der Waals surface area contributed by atoms with Gasteiger partial charge in [0.1, 0.15) is 0 Å². The van der Waals surface area contributed by atoms with Crippen LogP contribution in [0.25, 0.3) is 10.8 Å². The SMILES string of the molecule is CCOP(OCC)c1ccc(P(OCC)OCC)c2ccccc12. The molecular weight excluding hydrogens is 342 g/mol. The molecule has 0 radical (unpaired) electrons. The van der Waals surface area contributed by atoms with Crippen molar-refractivity contribution in [2.24, 2.45) is 0 Å². The van der Waals surface area contributed by atoms with Crippen molar-refractivity contribution in [2.75, 3.05) is 26.4 Å². The fraction of sp³-hybridized carbons (Fsp3) is 0.444. The molecule has 2 aromatic rings. The summed E-state index contributed by atoms with van der Waals surface area (Å²) in [4.78, 5) is 0. The van der Waals surface area contributed by atoms with E-state index in [-0.39, 0.29) is 0 Å². The van der Waals surface area contributed by atoms with Gasteiger partial charge in [0, 0.05) is 10.6 Å². The smallest absolute Gasteiger partial charge is 0.205 e. The lowest BCUT2D eigenvalue weighted by atomic mass is 10.1. The molecule has 0 heterocycles. The maximum absolute atomic E-state index is 5.86. The van der Waals surface area contributed by atoms with Crippen LogP contribution in [0.1, 0.15) is 27.7 Å². The van der Waals surface area contributed by atoms with Gasteiger partial charge in [-0.1, -0.05) is 24.3 Å². The highest BCUT2D eigenvalue weighted by atomic mass is 31.2. The first kappa shape index (κ1) is 19.7. The molecule has 0 saturated carbocycles. The van der Waals surface area contributed by atoms with Crippen LogP contribution >= 0.6 is 16.8 Å². The molecule has 0 N–H and O–H groups in total. The number of benzene rings is 2. The fourth-order valence-electron chi connectivity index (χ4n) is 2.41. The third-order valence-corrected chi connectivity index (χ3v) is 6.79. The minimum absolute atomic E-state index is 0.631. The lowest BCUT2D eigenvalue weighted by molar-refractivity contribution is 0.277. The molecule has 0 aliphatic carbocycles. The van der Waals surface area contributed by atoms with E-state index in [9.17, 15) is 0 Å². The van der Waals surface area contributed by atoms with Gasteiger partial charge in [0.05, 0.1) is 26.4 Å². The molecule has 0 aromatic heterocycles. The number of hydrogen-bond donors (Lipinski definition) is 0. The molecule has 0 amide bonds. The summed E-state index contributed by atoms with van der Waals surface area (Å²) in [5, 5.41) is 4.51. The van der Waals surface area contributed by atoms with E-state index in [0.29, 0.717) is 26.4 Å². The minimum atomic E-state index is -1.08. The molecule has 24 heavy (non-hydrogen) atoms. The summed E-state index contributed by atoms with van der Waals surface area (Å²) in [6.45, 7) is 10.5. The summed E-state index contributed by atoms with van der Waals surface area (Å²) in [5.41, 5.74) is 0. The van der Waals surface area contributed by atoms with E-state index in [1.807, 2.05) is 39.8 Å². The topological polar surface area (TPSA) is 36.9 Å². The second kappa shape index (κ2) is 10.4. The quantitative estimate of drug-likeness (QED) is 0.561. The predicted octanol–water partition coefficient (Wildman–Crippen LogP) is 4.86. The second-order valence-corrected chi connectivity index (χ2v) is 7.86. The normalized spacial score (nSPS) is 11.8. The first-order valence-corrected chi connectivity index (χ1v) is 10.8. The Labute approximate surface area is 147 Å². The molecule has 0 saturated heterocycles. The Morgan fingerprint density at radius 1 is 0.583 bits per heavy atom. The van der Waals surface area contributed by atoms with Crippen LogP contribution in [-0.4, -0.2) is 26.4 Å². The maximum Gasteiger partial charge on any atom is 0.205 e. The Hall–Kier alpha value is -0.600. The Balaban J connectivity index is 2.52. The van der Waals surface area contributed by atoms with Crippen LogP contribution in [0, 0.1) is 0 Å². The first-order valence-electron chi connectivity index (χ1n) is 8.40. The van der Waals surface area contributed by atoms with E-state index in [1.165, 1.54) is 0 Å². The van der Waals surface area contributed by atoms with E-state index in [0.717, 1.165) is 21.4 Å². The molecule has 0 bridgehead atoms. The first-order chi connectivity index (χ1) is 11.8. The summed E-state index contributed by atoms with van der Waals surface area (Å²) in [7, 11) is -2.16. The zero-order chi connectivity index (χ0) is 17.4. The molecule has 0 atom stereocenters. The van der Waals surface area contributed by atoms with Gasteiger partial charge in [-0.05, 0) is 50.6 Å². The molecule has 0 aliphatic heterocycles. The van der Waals surface area contributed by atoms with Gasteiger partial charge in [0.25, 0.3) is 0 Å². The average Bonchev–Trinajstić information content (AvgIpc) is 2.60. The van der Waals surface area contributed by atoms with Crippen molar-refractivity contribution in [2.45, 2.75) is 27.7 Å². The molecule has 0 fully saturated rings. The van der Waals surface area contributed by atoms with Crippen LogP contribution < -0.4 is 10.6 Å². The van der Waals surface area contributed by atoms with Gasteiger partial charge >= 0.3 is 0 Å². The van der Waals surface area contributed by atoms with Crippen molar-refractivity contribution in [3.63, 3.8) is 0 Å². The van der Waals surface area contributed by atoms with E-state index in [2.05, 4.69) is 24.3 Å². The van der Waals surface area contributed by atoms with Crippen LogP contribution in [0.4, 0.5) is 0 Å². The number of rotatable bonds is 10. The Morgan fingerprint density at radius 2 is 0.917 bits per heavy atom. The molecule has 2 rings (SSSR count). The van der Waals surface area contributed by atoms with E-state index in [1.54, 1.807) is 0 Å². The van der Waals surface area contributed by atoms with E-state index in [4.69, 9.17) is 18.1 Å².